The summed E-state index contributed by atoms with van der Waals surface area (Å²) in [6.45, 7) is 0. The second-order valence-corrected chi connectivity index (χ2v) is 4.89. The lowest BCUT2D eigenvalue weighted by atomic mass is 10.00. The van der Waals surface area contributed by atoms with E-state index >= 15 is 0 Å². The van der Waals surface area contributed by atoms with Crippen molar-refractivity contribution in [1.29, 1.82) is 0 Å². The molecule has 0 aliphatic heterocycles. The van der Waals surface area contributed by atoms with Gasteiger partial charge in [-0.3, -0.25) is 0 Å². The summed E-state index contributed by atoms with van der Waals surface area (Å²) in [5.74, 6) is 0. The molecule has 0 saturated heterocycles. The van der Waals surface area contributed by atoms with Gasteiger partial charge in [0.2, 0.25) is 0 Å². The molecule has 2 aromatic carbocycles. The summed E-state index contributed by atoms with van der Waals surface area (Å²) < 4.78 is 0. The van der Waals surface area contributed by atoms with Crippen LogP contribution in [0.25, 0.3) is 0 Å². The van der Waals surface area contributed by atoms with Gasteiger partial charge in [-0.25, -0.2) is 0 Å². The van der Waals surface area contributed by atoms with Gasteiger partial charge in [0.15, 0.2) is 0 Å². The van der Waals surface area contributed by atoms with Crippen LogP contribution in [0.15, 0.2) is 42.5 Å². The maximum Gasteiger partial charge on any atom is 0.0595 e. The van der Waals surface area contributed by atoms with Gasteiger partial charge in [0, 0.05) is 5.02 Å². The molecule has 1 unspecified atom stereocenters. The smallest absolute Gasteiger partial charge is 0.0595 e. The molecular weight excluding hydrogens is 277 g/mol. The van der Waals surface area contributed by atoms with Crippen molar-refractivity contribution in [3.05, 3.63) is 68.7 Å². The normalized spacial score (nSPS) is 12.5. The van der Waals surface area contributed by atoms with Gasteiger partial charge >= 0.3 is 0 Å². The molecule has 0 heterocycles. The lowest BCUT2D eigenvalue weighted by Gasteiger charge is -2.14. The van der Waals surface area contributed by atoms with Crippen LogP contribution in [0.5, 0.6) is 0 Å². The van der Waals surface area contributed by atoms with Crippen LogP contribution in [0.3, 0.4) is 0 Å². The number of hydrogen-bond acceptors (Lipinski definition) is 1. The molecule has 1 atom stereocenters. The minimum absolute atomic E-state index is 0.307. The Kier molecular flexibility index (Phi) is 3.95. The summed E-state index contributed by atoms with van der Waals surface area (Å²) in [6.07, 6.45) is 0. The summed E-state index contributed by atoms with van der Waals surface area (Å²) in [5, 5.41) is 1.65. The van der Waals surface area contributed by atoms with E-state index in [-0.39, 0.29) is 6.04 Å². The van der Waals surface area contributed by atoms with Gasteiger partial charge in [0.25, 0.3) is 0 Å². The number of hydrogen-bond donors (Lipinski definition) is 1. The Hall–Kier alpha value is -0.730. The third kappa shape index (κ3) is 2.75. The lowest BCUT2D eigenvalue weighted by Crippen LogP contribution is -2.12. The van der Waals surface area contributed by atoms with Crippen LogP contribution in [0.2, 0.25) is 15.1 Å². The maximum absolute atomic E-state index is 6.15. The number of rotatable bonds is 2. The van der Waals surface area contributed by atoms with Crippen molar-refractivity contribution in [3.8, 4) is 0 Å². The van der Waals surface area contributed by atoms with Crippen molar-refractivity contribution >= 4 is 34.8 Å². The molecule has 2 rings (SSSR count). The van der Waals surface area contributed by atoms with Crippen LogP contribution in [0.1, 0.15) is 17.2 Å². The van der Waals surface area contributed by atoms with Crippen LogP contribution in [-0.4, -0.2) is 0 Å². The molecule has 0 fully saturated rings. The predicted molar refractivity (Wildman–Crippen MR) is 73.9 cm³/mol. The van der Waals surface area contributed by atoms with E-state index in [2.05, 4.69) is 0 Å². The highest BCUT2D eigenvalue weighted by atomic mass is 35.5. The second kappa shape index (κ2) is 5.28. The number of benzene rings is 2. The average Bonchev–Trinajstić information content (AvgIpc) is 2.32. The highest BCUT2D eigenvalue weighted by Crippen LogP contribution is 2.30. The fraction of sp³-hybridized carbons (Fsp3) is 0.0769. The van der Waals surface area contributed by atoms with Gasteiger partial charge < -0.3 is 5.73 Å². The van der Waals surface area contributed by atoms with Crippen LogP contribution in [0.4, 0.5) is 0 Å². The zero-order chi connectivity index (χ0) is 12.4. The van der Waals surface area contributed by atoms with Gasteiger partial charge in [0.05, 0.1) is 16.1 Å². The van der Waals surface area contributed by atoms with Gasteiger partial charge in [-0.05, 0) is 29.3 Å². The van der Waals surface area contributed by atoms with E-state index in [1.807, 2.05) is 30.3 Å². The molecule has 0 saturated carbocycles. The van der Waals surface area contributed by atoms with Crippen LogP contribution < -0.4 is 5.73 Å². The molecule has 88 valence electrons. The fourth-order valence-electron chi connectivity index (χ4n) is 1.61. The molecule has 0 aromatic heterocycles. The third-order valence-corrected chi connectivity index (χ3v) is 3.63. The quantitative estimate of drug-likeness (QED) is 0.851. The van der Waals surface area contributed by atoms with Crippen molar-refractivity contribution < 1.29 is 0 Å². The standard InChI is InChI=1S/C13H10Cl3N/c14-10-4-2-1-3-9(10)13(17)8-5-6-11(15)12(16)7-8/h1-7,13H,17H2. The van der Waals surface area contributed by atoms with Crippen LogP contribution in [0, 0.1) is 0 Å². The molecule has 0 aliphatic carbocycles. The lowest BCUT2D eigenvalue weighted by molar-refractivity contribution is 0.872. The number of halogens is 3. The SMILES string of the molecule is NC(c1ccc(Cl)c(Cl)c1)c1ccccc1Cl. The molecule has 0 amide bonds. The molecule has 0 aliphatic rings. The third-order valence-electron chi connectivity index (χ3n) is 2.54. The van der Waals surface area contributed by atoms with E-state index in [4.69, 9.17) is 40.5 Å². The Morgan fingerprint density at radius 2 is 1.53 bits per heavy atom. The first-order valence-corrected chi connectivity index (χ1v) is 6.18. The minimum atomic E-state index is -0.307. The Morgan fingerprint density at radius 1 is 0.824 bits per heavy atom. The minimum Gasteiger partial charge on any atom is -0.320 e. The highest BCUT2D eigenvalue weighted by Gasteiger charge is 2.13. The van der Waals surface area contributed by atoms with Crippen LogP contribution in [-0.2, 0) is 0 Å². The monoisotopic (exact) mass is 285 g/mol. The molecule has 0 spiro atoms. The number of nitrogens with two attached hydrogens (primary N) is 1. The average molecular weight is 287 g/mol. The predicted octanol–water partition coefficient (Wildman–Crippen LogP) is 4.69. The molecule has 1 nitrogen and oxygen atoms in total. The van der Waals surface area contributed by atoms with E-state index in [1.165, 1.54) is 0 Å². The Morgan fingerprint density at radius 3 is 2.18 bits per heavy atom. The summed E-state index contributed by atoms with van der Waals surface area (Å²) >= 11 is 17.9. The van der Waals surface area contributed by atoms with Crippen molar-refractivity contribution in [2.75, 3.05) is 0 Å². The maximum atomic E-state index is 6.15. The molecule has 2 N–H and O–H groups in total. The Balaban J connectivity index is 2.40. The molecule has 0 bridgehead atoms. The zero-order valence-electron chi connectivity index (χ0n) is 8.83. The second-order valence-electron chi connectivity index (χ2n) is 3.67. The molecule has 17 heavy (non-hydrogen) atoms. The molecule has 0 radical (unpaired) electrons. The zero-order valence-corrected chi connectivity index (χ0v) is 11.1. The van der Waals surface area contributed by atoms with E-state index in [0.29, 0.717) is 15.1 Å². The van der Waals surface area contributed by atoms with Crippen molar-refractivity contribution in [2.45, 2.75) is 6.04 Å². The first-order chi connectivity index (χ1) is 8.09. The first-order valence-electron chi connectivity index (χ1n) is 5.04. The topological polar surface area (TPSA) is 26.0 Å². The van der Waals surface area contributed by atoms with Gasteiger partial charge in [0.1, 0.15) is 0 Å². The van der Waals surface area contributed by atoms with Crippen LogP contribution >= 0.6 is 34.8 Å². The van der Waals surface area contributed by atoms with E-state index < -0.39 is 0 Å². The molecular formula is C13H10Cl3N. The van der Waals surface area contributed by atoms with Gasteiger partial charge in [-0.2, -0.15) is 0 Å². The molecule has 2 aromatic rings. The van der Waals surface area contributed by atoms with Gasteiger partial charge in [-0.1, -0.05) is 59.1 Å². The van der Waals surface area contributed by atoms with Crippen molar-refractivity contribution in [2.24, 2.45) is 5.73 Å². The largest absolute Gasteiger partial charge is 0.320 e. The summed E-state index contributed by atoms with van der Waals surface area (Å²) in [7, 11) is 0. The van der Waals surface area contributed by atoms with Crippen molar-refractivity contribution in [1.82, 2.24) is 0 Å². The highest BCUT2D eigenvalue weighted by molar-refractivity contribution is 6.42. The van der Waals surface area contributed by atoms with Crippen molar-refractivity contribution in [3.63, 3.8) is 0 Å². The summed E-state index contributed by atoms with van der Waals surface area (Å²) in [4.78, 5) is 0. The van der Waals surface area contributed by atoms with E-state index in [1.54, 1.807) is 12.1 Å². The Bertz CT molecular complexity index is 540. The van der Waals surface area contributed by atoms with E-state index in [9.17, 15) is 0 Å². The first kappa shape index (κ1) is 12.7. The fourth-order valence-corrected chi connectivity index (χ4v) is 2.17. The molecule has 4 heteroatoms. The van der Waals surface area contributed by atoms with E-state index in [0.717, 1.165) is 11.1 Å². The summed E-state index contributed by atoms with van der Waals surface area (Å²) in [5.41, 5.74) is 7.90. The summed E-state index contributed by atoms with van der Waals surface area (Å²) in [6, 6.07) is 12.5. The Labute approximate surface area is 115 Å². The van der Waals surface area contributed by atoms with Gasteiger partial charge in [-0.15, -0.1) is 0 Å².